The molecule has 13 heavy (non-hydrogen) atoms. The summed E-state index contributed by atoms with van der Waals surface area (Å²) < 4.78 is 0. The number of hydrogen-bond acceptors (Lipinski definition) is 1. The maximum Gasteiger partial charge on any atom is 0.0219 e. The van der Waals surface area contributed by atoms with Crippen LogP contribution < -0.4 is 0 Å². The van der Waals surface area contributed by atoms with Gasteiger partial charge in [-0.05, 0) is 18.8 Å². The fraction of sp³-hybridized carbons (Fsp3) is 0.667. The second kappa shape index (κ2) is 9.37. The van der Waals surface area contributed by atoms with Crippen molar-refractivity contribution in [2.75, 3.05) is 6.54 Å². The van der Waals surface area contributed by atoms with Gasteiger partial charge >= 0.3 is 0 Å². The van der Waals surface area contributed by atoms with Crippen molar-refractivity contribution >= 4 is 0 Å². The molecule has 0 N–H and O–H groups in total. The van der Waals surface area contributed by atoms with Gasteiger partial charge in [-0.2, -0.15) is 0 Å². The maximum atomic E-state index is 3.71. The van der Waals surface area contributed by atoms with Crippen LogP contribution in [-0.4, -0.2) is 11.4 Å². The molecule has 0 amide bonds. The van der Waals surface area contributed by atoms with Crippen LogP contribution in [0.1, 0.15) is 45.4 Å². The zero-order valence-electron chi connectivity index (χ0n) is 8.97. The quantitative estimate of drug-likeness (QED) is 0.487. The molecule has 0 spiro atoms. The lowest BCUT2D eigenvalue weighted by Gasteiger charge is -2.13. The Hall–Kier alpha value is -0.720. The molecule has 0 saturated carbocycles. The van der Waals surface area contributed by atoms with Crippen molar-refractivity contribution in [3.05, 3.63) is 25.6 Å². The highest BCUT2D eigenvalue weighted by Gasteiger charge is 1.93. The van der Waals surface area contributed by atoms with Crippen LogP contribution in [0.2, 0.25) is 0 Å². The maximum absolute atomic E-state index is 3.71. The lowest BCUT2D eigenvalue weighted by atomic mass is 10.1. The van der Waals surface area contributed by atoms with E-state index in [0.717, 1.165) is 6.54 Å². The van der Waals surface area contributed by atoms with Crippen molar-refractivity contribution in [3.63, 3.8) is 0 Å². The molecule has 1 nitrogen and oxygen atoms in total. The third-order valence-electron chi connectivity index (χ3n) is 2.24. The fourth-order valence-corrected chi connectivity index (χ4v) is 1.33. The number of rotatable bonds is 9. The zero-order chi connectivity index (χ0) is 9.94. The minimum Gasteiger partial charge on any atom is -0.355 e. The molecule has 0 bridgehead atoms. The largest absolute Gasteiger partial charge is 0.355 e. The molecule has 0 aliphatic rings. The summed E-state index contributed by atoms with van der Waals surface area (Å²) in [7, 11) is 0. The van der Waals surface area contributed by atoms with E-state index in [2.05, 4.69) is 20.1 Å². The molecule has 0 atom stereocenters. The summed E-state index contributed by atoms with van der Waals surface area (Å²) in [6.45, 7) is 10.7. The van der Waals surface area contributed by atoms with Crippen LogP contribution in [0, 0.1) is 0 Å². The van der Waals surface area contributed by atoms with Gasteiger partial charge in [-0.15, -0.1) is 0 Å². The molecule has 76 valence electrons. The van der Waals surface area contributed by atoms with Crippen LogP contribution in [0.25, 0.3) is 0 Å². The van der Waals surface area contributed by atoms with E-state index in [1.807, 2.05) is 17.3 Å². The van der Waals surface area contributed by atoms with E-state index < -0.39 is 0 Å². The first-order valence-corrected chi connectivity index (χ1v) is 5.36. The monoisotopic (exact) mass is 181 g/mol. The molecule has 0 fully saturated rings. The van der Waals surface area contributed by atoms with Gasteiger partial charge in [-0.25, -0.2) is 0 Å². The normalized spacial score (nSPS) is 9.62. The van der Waals surface area contributed by atoms with E-state index in [1.165, 1.54) is 38.5 Å². The second-order valence-electron chi connectivity index (χ2n) is 3.37. The first kappa shape index (κ1) is 12.3. The minimum atomic E-state index is 1.07. The van der Waals surface area contributed by atoms with E-state index in [-0.39, 0.29) is 0 Å². The first-order valence-electron chi connectivity index (χ1n) is 5.36. The molecule has 0 aliphatic carbocycles. The molecule has 0 saturated heterocycles. The molecule has 0 unspecified atom stereocenters. The highest BCUT2D eigenvalue weighted by molar-refractivity contribution is 4.79. The van der Waals surface area contributed by atoms with Crippen molar-refractivity contribution in [2.45, 2.75) is 45.4 Å². The highest BCUT2D eigenvalue weighted by atomic mass is 15.1. The Morgan fingerprint density at radius 2 is 1.46 bits per heavy atom. The van der Waals surface area contributed by atoms with E-state index in [4.69, 9.17) is 0 Å². The predicted octanol–water partition coefficient (Wildman–Crippen LogP) is 3.94. The molecule has 0 aromatic rings. The van der Waals surface area contributed by atoms with Gasteiger partial charge in [0.2, 0.25) is 0 Å². The van der Waals surface area contributed by atoms with Crippen molar-refractivity contribution in [3.8, 4) is 0 Å². The molecule has 0 aromatic heterocycles. The summed E-state index contributed by atoms with van der Waals surface area (Å²) in [6.07, 6.45) is 11.7. The average Bonchev–Trinajstić information content (AvgIpc) is 2.17. The van der Waals surface area contributed by atoms with Crippen LogP contribution in [0.3, 0.4) is 0 Å². The van der Waals surface area contributed by atoms with E-state index >= 15 is 0 Å². The highest BCUT2D eigenvalue weighted by Crippen LogP contribution is 2.05. The first-order chi connectivity index (χ1) is 6.35. The molecular weight excluding hydrogens is 158 g/mol. The molecule has 0 aliphatic heterocycles. The summed E-state index contributed by atoms with van der Waals surface area (Å²) in [5, 5.41) is 0. The average molecular weight is 181 g/mol. The van der Waals surface area contributed by atoms with Crippen LogP contribution >= 0.6 is 0 Å². The van der Waals surface area contributed by atoms with Gasteiger partial charge in [0.05, 0.1) is 0 Å². The third kappa shape index (κ3) is 7.63. The van der Waals surface area contributed by atoms with Crippen molar-refractivity contribution in [1.29, 1.82) is 0 Å². The third-order valence-corrected chi connectivity index (χ3v) is 2.24. The van der Waals surface area contributed by atoms with Gasteiger partial charge in [0.15, 0.2) is 0 Å². The van der Waals surface area contributed by atoms with Crippen molar-refractivity contribution < 1.29 is 0 Å². The van der Waals surface area contributed by atoms with Crippen LogP contribution in [0.5, 0.6) is 0 Å². The Morgan fingerprint density at radius 1 is 0.923 bits per heavy atom. The van der Waals surface area contributed by atoms with Gasteiger partial charge in [0.1, 0.15) is 0 Å². The van der Waals surface area contributed by atoms with E-state index in [0.29, 0.717) is 0 Å². The van der Waals surface area contributed by atoms with Gasteiger partial charge in [0.25, 0.3) is 0 Å². The molecule has 0 heterocycles. The van der Waals surface area contributed by atoms with E-state index in [1.54, 1.807) is 0 Å². The summed E-state index contributed by atoms with van der Waals surface area (Å²) in [5.74, 6) is 0. The smallest absolute Gasteiger partial charge is 0.0219 e. The van der Waals surface area contributed by atoms with Crippen molar-refractivity contribution in [1.82, 2.24) is 4.90 Å². The summed E-state index contributed by atoms with van der Waals surface area (Å²) in [6, 6.07) is 0. The zero-order valence-corrected chi connectivity index (χ0v) is 8.97. The predicted molar refractivity (Wildman–Crippen MR) is 60.5 cm³/mol. The van der Waals surface area contributed by atoms with Gasteiger partial charge in [0, 0.05) is 6.54 Å². The Morgan fingerprint density at radius 3 is 2.00 bits per heavy atom. The molecule has 0 rings (SSSR count). The molecular formula is C12H23N. The lowest BCUT2D eigenvalue weighted by Crippen LogP contribution is -2.09. The Kier molecular flexibility index (Phi) is 8.85. The molecule has 1 heteroatoms. The van der Waals surface area contributed by atoms with E-state index in [9.17, 15) is 0 Å². The topological polar surface area (TPSA) is 3.24 Å². The van der Waals surface area contributed by atoms with Crippen molar-refractivity contribution in [2.24, 2.45) is 0 Å². The van der Waals surface area contributed by atoms with Crippen LogP contribution in [0.4, 0.5) is 0 Å². The number of hydrogen-bond donors (Lipinski definition) is 0. The molecule has 0 aromatic carbocycles. The summed E-state index contributed by atoms with van der Waals surface area (Å²) >= 11 is 0. The van der Waals surface area contributed by atoms with Crippen LogP contribution in [-0.2, 0) is 0 Å². The molecule has 0 radical (unpaired) electrons. The number of nitrogens with zero attached hydrogens (tertiary/aromatic N) is 1. The van der Waals surface area contributed by atoms with Gasteiger partial charge in [-0.3, -0.25) is 0 Å². The van der Waals surface area contributed by atoms with Gasteiger partial charge in [-0.1, -0.05) is 52.2 Å². The SMILES string of the molecule is C=CN(C=C)CCCCCCCC. The summed E-state index contributed by atoms with van der Waals surface area (Å²) in [5.41, 5.74) is 0. The fourth-order valence-electron chi connectivity index (χ4n) is 1.33. The Bertz CT molecular complexity index is 121. The van der Waals surface area contributed by atoms with Gasteiger partial charge < -0.3 is 4.90 Å². The lowest BCUT2D eigenvalue weighted by molar-refractivity contribution is 0.468. The second-order valence-corrected chi connectivity index (χ2v) is 3.37. The number of unbranched alkanes of at least 4 members (excludes halogenated alkanes) is 5. The summed E-state index contributed by atoms with van der Waals surface area (Å²) in [4.78, 5) is 2.04. The Balaban J connectivity index is 3.14. The standard InChI is InChI=1S/C12H23N/c1-4-7-8-9-10-11-12-13(5-2)6-3/h5-6H,2-4,7-12H2,1H3. The Labute approximate surface area is 83.1 Å². The minimum absolute atomic E-state index is 1.07. The van der Waals surface area contributed by atoms with Crippen LogP contribution in [0.15, 0.2) is 25.6 Å².